The van der Waals surface area contributed by atoms with Gasteiger partial charge in [-0.15, -0.1) is 0 Å². The van der Waals surface area contributed by atoms with E-state index in [9.17, 15) is 21.6 Å². The smallest absolute Gasteiger partial charge is 0.244 e. The molecule has 0 bridgehead atoms. The number of nitrogens with one attached hydrogen (secondary N) is 1. The highest BCUT2D eigenvalue weighted by atomic mass is 32.2. The maximum Gasteiger partial charge on any atom is 0.244 e. The molecule has 1 atom stereocenters. The first-order valence-corrected chi connectivity index (χ1v) is 13.3. The van der Waals surface area contributed by atoms with Gasteiger partial charge in [-0.2, -0.15) is 9.03 Å². The molecule has 0 unspecified atom stereocenters. The average molecular weight is 497 g/mol. The summed E-state index contributed by atoms with van der Waals surface area (Å²) in [6.45, 7) is 4.04. The Morgan fingerprint density at radius 1 is 1.00 bits per heavy atom. The minimum Gasteiger partial charge on any atom is -0.497 e. The van der Waals surface area contributed by atoms with Crippen LogP contribution in [0.5, 0.6) is 5.75 Å². The lowest BCUT2D eigenvalue weighted by Crippen LogP contribution is -2.57. The van der Waals surface area contributed by atoms with E-state index >= 15 is 0 Å². The van der Waals surface area contributed by atoms with E-state index in [0.29, 0.717) is 5.75 Å². The molecule has 1 aliphatic rings. The molecule has 2 aromatic rings. The van der Waals surface area contributed by atoms with Gasteiger partial charge >= 0.3 is 0 Å². The maximum atomic E-state index is 13.2. The monoisotopic (exact) mass is 496 g/mol. The van der Waals surface area contributed by atoms with Crippen molar-refractivity contribution in [3.8, 4) is 5.75 Å². The molecule has 180 valence electrons. The molecular formula is C21H28N4O6S2. The van der Waals surface area contributed by atoms with Gasteiger partial charge in [0, 0.05) is 38.6 Å². The van der Waals surface area contributed by atoms with Crippen LogP contribution in [0, 0.1) is 5.92 Å². The summed E-state index contributed by atoms with van der Waals surface area (Å²) in [6, 6.07) is 7.91. The van der Waals surface area contributed by atoms with Crippen molar-refractivity contribution in [3.05, 3.63) is 48.8 Å². The third kappa shape index (κ3) is 5.69. The van der Waals surface area contributed by atoms with Crippen LogP contribution >= 0.6 is 0 Å². The predicted molar refractivity (Wildman–Crippen MR) is 122 cm³/mol. The second-order valence-electron chi connectivity index (χ2n) is 7.94. The first kappa shape index (κ1) is 25.1. The molecule has 0 saturated carbocycles. The lowest BCUT2D eigenvalue weighted by molar-refractivity contribution is -0.135. The molecule has 10 nitrogen and oxygen atoms in total. The largest absolute Gasteiger partial charge is 0.497 e. The number of amides is 1. The zero-order valence-electron chi connectivity index (χ0n) is 18.7. The molecule has 1 aromatic carbocycles. The van der Waals surface area contributed by atoms with E-state index in [1.54, 1.807) is 19.9 Å². The summed E-state index contributed by atoms with van der Waals surface area (Å²) in [5, 5.41) is 0. The molecule has 1 N–H and O–H groups in total. The van der Waals surface area contributed by atoms with Gasteiger partial charge in [-0.05, 0) is 42.3 Å². The van der Waals surface area contributed by atoms with Crippen LogP contribution in [0.15, 0.2) is 58.6 Å². The number of rotatable bonds is 8. The molecule has 1 fully saturated rings. The number of sulfonamides is 2. The Balaban J connectivity index is 1.69. The highest BCUT2D eigenvalue weighted by Crippen LogP contribution is 2.20. The summed E-state index contributed by atoms with van der Waals surface area (Å²) in [5.41, 5.74) is 0. The number of ether oxygens (including phenoxy) is 1. The summed E-state index contributed by atoms with van der Waals surface area (Å²) >= 11 is 0. The van der Waals surface area contributed by atoms with Crippen LogP contribution in [-0.4, -0.2) is 76.3 Å². The number of nitrogens with zero attached hydrogens (tertiary/aromatic N) is 3. The van der Waals surface area contributed by atoms with Crippen molar-refractivity contribution in [3.63, 3.8) is 0 Å². The summed E-state index contributed by atoms with van der Waals surface area (Å²) < 4.78 is 60.1. The molecule has 3 rings (SSSR count). The third-order valence-corrected chi connectivity index (χ3v) is 8.75. The fourth-order valence-corrected chi connectivity index (χ4v) is 6.18. The third-order valence-electron chi connectivity index (χ3n) is 5.41. The lowest BCUT2D eigenvalue weighted by atomic mass is 10.0. The van der Waals surface area contributed by atoms with Crippen LogP contribution in [0.3, 0.4) is 0 Å². The Hall–Kier alpha value is -2.54. The molecular weight excluding hydrogens is 468 g/mol. The van der Waals surface area contributed by atoms with Crippen molar-refractivity contribution in [2.45, 2.75) is 29.7 Å². The number of benzene rings is 1. The second-order valence-corrected chi connectivity index (χ2v) is 11.6. The maximum absolute atomic E-state index is 13.2. The SMILES string of the molecule is COc1ccc(S(=O)(=O)N[C@H](C(=O)N2CCN(S(=O)(=O)c3cccnc3)CC2)C(C)C)cc1. The fraction of sp³-hybridized carbons (Fsp3) is 0.429. The number of carbonyl (C=O) groups excluding carboxylic acids is 1. The summed E-state index contributed by atoms with van der Waals surface area (Å²) in [5.74, 6) is -0.187. The van der Waals surface area contributed by atoms with Gasteiger partial charge in [0.1, 0.15) is 16.7 Å². The number of piperazine rings is 1. The molecule has 0 aliphatic carbocycles. The molecule has 1 saturated heterocycles. The quantitative estimate of drug-likeness (QED) is 0.576. The summed E-state index contributed by atoms with van der Waals surface area (Å²) in [4.78, 5) is 18.6. The van der Waals surface area contributed by atoms with E-state index in [-0.39, 0.29) is 47.8 Å². The van der Waals surface area contributed by atoms with Crippen LogP contribution < -0.4 is 9.46 Å². The van der Waals surface area contributed by atoms with E-state index in [2.05, 4.69) is 9.71 Å². The standard InChI is InChI=1S/C21H28N4O6S2/c1-16(2)20(23-32(27,28)18-8-6-17(31-3)7-9-18)21(26)24-11-13-25(14-12-24)33(29,30)19-5-4-10-22-15-19/h4-10,15-16,20,23H,11-14H2,1-3H3/t20-/m0/s1. The average Bonchev–Trinajstić information content (AvgIpc) is 2.82. The van der Waals surface area contributed by atoms with Crippen LogP contribution in [-0.2, 0) is 24.8 Å². The van der Waals surface area contributed by atoms with E-state index < -0.39 is 26.1 Å². The summed E-state index contributed by atoms with van der Waals surface area (Å²) in [7, 11) is -6.17. The Morgan fingerprint density at radius 3 is 2.15 bits per heavy atom. The lowest BCUT2D eigenvalue weighted by Gasteiger charge is -2.36. The van der Waals surface area contributed by atoms with Gasteiger partial charge in [0.25, 0.3) is 0 Å². The Morgan fingerprint density at radius 2 is 1.64 bits per heavy atom. The van der Waals surface area contributed by atoms with Crippen molar-refractivity contribution < 1.29 is 26.4 Å². The van der Waals surface area contributed by atoms with Gasteiger partial charge in [-0.1, -0.05) is 13.8 Å². The topological polar surface area (TPSA) is 126 Å². The van der Waals surface area contributed by atoms with Crippen LogP contribution in [0.4, 0.5) is 0 Å². The zero-order valence-corrected chi connectivity index (χ0v) is 20.3. The van der Waals surface area contributed by atoms with Crippen LogP contribution in [0.2, 0.25) is 0 Å². The molecule has 33 heavy (non-hydrogen) atoms. The molecule has 1 aliphatic heterocycles. The molecule has 0 radical (unpaired) electrons. The van der Waals surface area contributed by atoms with Crippen molar-refractivity contribution in [1.29, 1.82) is 0 Å². The first-order valence-electron chi connectivity index (χ1n) is 10.4. The molecule has 1 aromatic heterocycles. The van der Waals surface area contributed by atoms with Gasteiger partial charge in [0.2, 0.25) is 26.0 Å². The van der Waals surface area contributed by atoms with E-state index in [0.717, 1.165) is 0 Å². The van der Waals surface area contributed by atoms with Gasteiger partial charge in [-0.3, -0.25) is 9.78 Å². The molecule has 1 amide bonds. The van der Waals surface area contributed by atoms with Crippen molar-refractivity contribution in [2.24, 2.45) is 5.92 Å². The molecule has 12 heteroatoms. The van der Waals surface area contributed by atoms with Crippen molar-refractivity contribution >= 4 is 26.0 Å². The van der Waals surface area contributed by atoms with Gasteiger partial charge in [0.15, 0.2) is 0 Å². The minimum atomic E-state index is -3.95. The predicted octanol–water partition coefficient (Wildman–Crippen LogP) is 0.926. The van der Waals surface area contributed by atoms with E-state index in [4.69, 9.17) is 4.74 Å². The van der Waals surface area contributed by atoms with Crippen LogP contribution in [0.25, 0.3) is 0 Å². The highest BCUT2D eigenvalue weighted by molar-refractivity contribution is 7.89. The highest BCUT2D eigenvalue weighted by Gasteiger charge is 2.35. The summed E-state index contributed by atoms with van der Waals surface area (Å²) in [6.07, 6.45) is 2.78. The van der Waals surface area contributed by atoms with Gasteiger partial charge in [0.05, 0.1) is 12.0 Å². The number of aromatic nitrogens is 1. The second kappa shape index (κ2) is 10.2. The van der Waals surface area contributed by atoms with Crippen molar-refractivity contribution in [2.75, 3.05) is 33.3 Å². The Labute approximate surface area is 194 Å². The van der Waals surface area contributed by atoms with Gasteiger partial charge in [-0.25, -0.2) is 16.8 Å². The number of carbonyl (C=O) groups is 1. The Bertz CT molecular complexity index is 1160. The fourth-order valence-electron chi connectivity index (χ4n) is 3.46. The van der Waals surface area contributed by atoms with Crippen molar-refractivity contribution in [1.82, 2.24) is 18.9 Å². The first-order chi connectivity index (χ1) is 15.6. The Kier molecular flexibility index (Phi) is 7.73. The van der Waals surface area contributed by atoms with Crippen LogP contribution in [0.1, 0.15) is 13.8 Å². The van der Waals surface area contributed by atoms with E-state index in [1.807, 2.05) is 0 Å². The number of pyridine rings is 1. The normalized spacial score (nSPS) is 16.5. The zero-order chi connectivity index (χ0) is 24.2. The van der Waals surface area contributed by atoms with E-state index in [1.165, 1.54) is 59.0 Å². The molecule has 0 spiro atoms. The minimum absolute atomic E-state index is 0.0223. The number of hydrogen-bond acceptors (Lipinski definition) is 7. The molecule has 2 heterocycles. The number of methoxy groups -OCH3 is 1. The van der Waals surface area contributed by atoms with Gasteiger partial charge < -0.3 is 9.64 Å². The number of hydrogen-bond donors (Lipinski definition) is 1.